The van der Waals surface area contributed by atoms with Gasteiger partial charge in [-0.15, -0.1) is 0 Å². The average molecular weight is 456 g/mol. The fourth-order valence-corrected chi connectivity index (χ4v) is 7.94. The Labute approximate surface area is 194 Å². The first-order chi connectivity index (χ1) is 15.9. The Bertz CT molecular complexity index is 936. The van der Waals surface area contributed by atoms with Gasteiger partial charge in [-0.3, -0.25) is 9.59 Å². The van der Waals surface area contributed by atoms with E-state index in [4.69, 9.17) is 4.74 Å². The second-order valence-electron chi connectivity index (χ2n) is 11.7. The molecule has 0 aromatic heterocycles. The normalized spacial score (nSPS) is 34.6. The standard InChI is InChI=1S/C27H34FNO4/c28-23-11-24(33-15-27-12-16-6-17(13-27)8-18(7-16)14-27)21(19-3-4-19)10-22(23)26(32)29-5-1-2-20(29)9-25(30)31/h10-11,16-20H,1-9,12-15H2,(H,30,31)/t16?,17?,18?,20-,27?/m0/s1. The maximum absolute atomic E-state index is 15.2. The number of carboxylic acids is 1. The number of rotatable bonds is 7. The van der Waals surface area contributed by atoms with Crippen LogP contribution in [0.25, 0.3) is 0 Å². The van der Waals surface area contributed by atoms with Gasteiger partial charge in [-0.1, -0.05) is 0 Å². The van der Waals surface area contributed by atoms with Crippen molar-refractivity contribution in [2.75, 3.05) is 13.2 Å². The summed E-state index contributed by atoms with van der Waals surface area (Å²) in [5, 5.41) is 9.18. The molecule has 6 heteroatoms. The predicted molar refractivity (Wildman–Crippen MR) is 121 cm³/mol. The summed E-state index contributed by atoms with van der Waals surface area (Å²) in [5.41, 5.74) is 1.27. The molecule has 4 bridgehead atoms. The van der Waals surface area contributed by atoms with Crippen LogP contribution >= 0.6 is 0 Å². The second kappa shape index (κ2) is 7.99. The van der Waals surface area contributed by atoms with Gasteiger partial charge in [0.1, 0.15) is 11.6 Å². The minimum atomic E-state index is -0.924. The smallest absolute Gasteiger partial charge is 0.305 e. The lowest BCUT2D eigenvalue weighted by molar-refractivity contribution is -0.137. The summed E-state index contributed by atoms with van der Waals surface area (Å²) in [7, 11) is 0. The molecule has 6 fully saturated rings. The van der Waals surface area contributed by atoms with Crippen LogP contribution in [0.4, 0.5) is 4.39 Å². The third-order valence-electron chi connectivity index (χ3n) is 9.09. The predicted octanol–water partition coefficient (Wildman–Crippen LogP) is 5.38. The van der Waals surface area contributed by atoms with Crippen LogP contribution < -0.4 is 4.74 Å². The Morgan fingerprint density at radius 1 is 1.06 bits per heavy atom. The second-order valence-corrected chi connectivity index (χ2v) is 11.7. The largest absolute Gasteiger partial charge is 0.493 e. The lowest BCUT2D eigenvalue weighted by Gasteiger charge is -2.56. The molecule has 6 aliphatic rings. The highest BCUT2D eigenvalue weighted by molar-refractivity contribution is 5.95. The van der Waals surface area contributed by atoms with Crippen LogP contribution in [0.3, 0.4) is 0 Å². The van der Waals surface area contributed by atoms with Gasteiger partial charge in [-0.05, 0) is 99.5 Å². The summed E-state index contributed by atoms with van der Waals surface area (Å²) < 4.78 is 21.6. The first-order valence-electron chi connectivity index (χ1n) is 12.9. The summed E-state index contributed by atoms with van der Waals surface area (Å²) in [6.07, 6.45) is 11.3. The molecule has 1 atom stereocenters. The number of nitrogens with zero attached hydrogens (tertiary/aromatic N) is 1. The molecule has 178 valence electrons. The van der Waals surface area contributed by atoms with E-state index in [1.165, 1.54) is 44.6 Å². The highest BCUT2D eigenvalue weighted by atomic mass is 19.1. The van der Waals surface area contributed by atoms with E-state index in [1.807, 2.05) is 0 Å². The topological polar surface area (TPSA) is 66.8 Å². The van der Waals surface area contributed by atoms with Gasteiger partial charge in [0.15, 0.2) is 0 Å². The van der Waals surface area contributed by atoms with Crippen molar-refractivity contribution in [3.05, 3.63) is 29.1 Å². The zero-order valence-corrected chi connectivity index (χ0v) is 19.2. The lowest BCUT2D eigenvalue weighted by Crippen LogP contribution is -2.48. The van der Waals surface area contributed by atoms with Crippen LogP contribution in [-0.4, -0.2) is 41.1 Å². The van der Waals surface area contributed by atoms with Crippen LogP contribution in [0.2, 0.25) is 0 Å². The van der Waals surface area contributed by atoms with E-state index in [1.54, 1.807) is 11.0 Å². The van der Waals surface area contributed by atoms with Crippen LogP contribution in [0.15, 0.2) is 12.1 Å². The number of amides is 1. The van der Waals surface area contributed by atoms with Gasteiger partial charge in [-0.2, -0.15) is 0 Å². The zero-order chi connectivity index (χ0) is 22.7. The highest BCUT2D eigenvalue weighted by Gasteiger charge is 2.51. The van der Waals surface area contributed by atoms with E-state index in [2.05, 4.69) is 0 Å². The molecule has 1 amide bonds. The van der Waals surface area contributed by atoms with Gasteiger partial charge >= 0.3 is 5.97 Å². The van der Waals surface area contributed by atoms with E-state index < -0.39 is 11.8 Å². The maximum Gasteiger partial charge on any atom is 0.305 e. The van der Waals surface area contributed by atoms with Gasteiger partial charge in [0.25, 0.3) is 5.91 Å². The van der Waals surface area contributed by atoms with E-state index in [0.717, 1.165) is 42.6 Å². The van der Waals surface area contributed by atoms with Crippen molar-refractivity contribution < 1.29 is 23.8 Å². The first-order valence-corrected chi connectivity index (χ1v) is 12.9. The summed E-state index contributed by atoms with van der Waals surface area (Å²) in [5.74, 6) is 1.63. The number of hydrogen-bond donors (Lipinski definition) is 1. The first kappa shape index (κ1) is 21.4. The van der Waals surface area contributed by atoms with Crippen molar-refractivity contribution in [3.63, 3.8) is 0 Å². The van der Waals surface area contributed by atoms with Gasteiger partial charge in [0, 0.05) is 24.1 Å². The van der Waals surface area contributed by atoms with E-state index in [0.29, 0.717) is 31.2 Å². The molecular formula is C27H34FNO4. The molecule has 1 aromatic rings. The van der Waals surface area contributed by atoms with E-state index >= 15 is 4.39 Å². The van der Waals surface area contributed by atoms with Gasteiger partial charge in [-0.25, -0.2) is 4.39 Å². The van der Waals surface area contributed by atoms with Crippen LogP contribution in [0.1, 0.15) is 92.5 Å². The fraction of sp³-hybridized carbons (Fsp3) is 0.704. The molecule has 1 aromatic carbocycles. The highest BCUT2D eigenvalue weighted by Crippen LogP contribution is 2.60. The van der Waals surface area contributed by atoms with E-state index in [-0.39, 0.29) is 29.3 Å². The molecule has 5 nitrogen and oxygen atoms in total. The molecule has 1 N–H and O–H groups in total. The monoisotopic (exact) mass is 455 g/mol. The number of likely N-dealkylation sites (tertiary alicyclic amines) is 1. The van der Waals surface area contributed by atoms with Crippen molar-refractivity contribution in [2.24, 2.45) is 23.2 Å². The summed E-state index contributed by atoms with van der Waals surface area (Å²) in [6, 6.07) is 2.79. The number of carbonyl (C=O) groups is 2. The average Bonchev–Trinajstić information content (AvgIpc) is 3.49. The molecule has 7 rings (SSSR count). The molecule has 5 saturated carbocycles. The van der Waals surface area contributed by atoms with Crippen LogP contribution in [0.5, 0.6) is 5.75 Å². The van der Waals surface area contributed by atoms with Gasteiger partial charge in [0.2, 0.25) is 0 Å². The Hall–Kier alpha value is -2.11. The molecule has 1 heterocycles. The molecule has 5 aliphatic carbocycles. The van der Waals surface area contributed by atoms with Gasteiger partial charge in [0.05, 0.1) is 18.6 Å². The molecular weight excluding hydrogens is 421 g/mol. The van der Waals surface area contributed by atoms with Crippen molar-refractivity contribution in [1.29, 1.82) is 0 Å². The third-order valence-corrected chi connectivity index (χ3v) is 9.09. The fourth-order valence-electron chi connectivity index (χ4n) is 7.94. The van der Waals surface area contributed by atoms with Crippen LogP contribution in [-0.2, 0) is 4.79 Å². The summed E-state index contributed by atoms with van der Waals surface area (Å²) >= 11 is 0. The van der Waals surface area contributed by atoms with Crippen molar-refractivity contribution in [1.82, 2.24) is 4.90 Å². The SMILES string of the molecule is O=C(O)C[C@@H]1CCCN1C(=O)c1cc(C2CC2)c(OCC23CC4CC(CC(C4)C2)C3)cc1F. The molecule has 0 radical (unpaired) electrons. The lowest BCUT2D eigenvalue weighted by atomic mass is 9.50. The number of ether oxygens (including phenoxy) is 1. The molecule has 33 heavy (non-hydrogen) atoms. The third kappa shape index (κ3) is 4.04. The number of hydrogen-bond acceptors (Lipinski definition) is 3. The van der Waals surface area contributed by atoms with Crippen molar-refractivity contribution in [3.8, 4) is 5.75 Å². The Morgan fingerprint density at radius 2 is 1.73 bits per heavy atom. The van der Waals surface area contributed by atoms with E-state index in [9.17, 15) is 14.7 Å². The number of aliphatic carboxylic acids is 1. The number of carbonyl (C=O) groups excluding carboxylic acids is 1. The number of halogens is 1. The van der Waals surface area contributed by atoms with Crippen LogP contribution in [0, 0.1) is 29.0 Å². The molecule has 0 unspecified atom stereocenters. The Balaban J connectivity index is 1.22. The quantitative estimate of drug-likeness (QED) is 0.600. The van der Waals surface area contributed by atoms with Crippen molar-refractivity contribution >= 4 is 11.9 Å². The number of benzene rings is 1. The molecule has 0 spiro atoms. The molecule has 1 aliphatic heterocycles. The summed E-state index contributed by atoms with van der Waals surface area (Å²) in [6.45, 7) is 1.15. The number of carboxylic acid groups (broad SMARTS) is 1. The Kier molecular flexibility index (Phi) is 5.19. The minimum Gasteiger partial charge on any atom is -0.493 e. The van der Waals surface area contributed by atoms with Gasteiger partial charge < -0.3 is 14.7 Å². The van der Waals surface area contributed by atoms with Crippen molar-refractivity contribution in [2.45, 2.75) is 82.6 Å². The zero-order valence-electron chi connectivity index (χ0n) is 19.2. The maximum atomic E-state index is 15.2. The molecule has 1 saturated heterocycles. The summed E-state index contributed by atoms with van der Waals surface area (Å²) in [4.78, 5) is 26.0. The Morgan fingerprint density at radius 3 is 2.33 bits per heavy atom. The minimum absolute atomic E-state index is 0.0661.